The summed E-state index contributed by atoms with van der Waals surface area (Å²) in [5.74, 6) is 1.18. The van der Waals surface area contributed by atoms with Gasteiger partial charge in [-0.15, -0.1) is 0 Å². The normalized spacial score (nSPS) is 10.7. The average molecular weight is 273 g/mol. The van der Waals surface area contributed by atoms with E-state index >= 15 is 0 Å². The van der Waals surface area contributed by atoms with Crippen LogP contribution < -0.4 is 15.2 Å². The first kappa shape index (κ1) is 14.3. The number of nitrogens with two attached hydrogens (primary N) is 1. The van der Waals surface area contributed by atoms with Crippen LogP contribution in [0.4, 0.5) is 0 Å². The third kappa shape index (κ3) is 3.93. The maximum absolute atomic E-state index is 5.64. The van der Waals surface area contributed by atoms with Crippen LogP contribution in [0.15, 0.2) is 30.3 Å². The highest BCUT2D eigenvalue weighted by molar-refractivity contribution is 5.30. The largest absolute Gasteiger partial charge is 0.475 e. The van der Waals surface area contributed by atoms with Crippen LogP contribution in [0.5, 0.6) is 17.6 Å². The lowest BCUT2D eigenvalue weighted by Crippen LogP contribution is -2.08. The smallest absolute Gasteiger partial charge is 0.325 e. The number of benzene rings is 1. The predicted molar refractivity (Wildman–Crippen MR) is 76.9 cm³/mol. The summed E-state index contributed by atoms with van der Waals surface area (Å²) < 4.78 is 11.2. The van der Waals surface area contributed by atoms with Crippen molar-refractivity contribution >= 4 is 0 Å². The van der Waals surface area contributed by atoms with Gasteiger partial charge in [0.25, 0.3) is 0 Å². The third-order valence-corrected chi connectivity index (χ3v) is 2.53. The zero-order chi connectivity index (χ0) is 14.5. The Balaban J connectivity index is 2.17. The Bertz CT molecular complexity index is 568. The molecule has 0 saturated carbocycles. The van der Waals surface area contributed by atoms with Crippen molar-refractivity contribution < 1.29 is 9.47 Å². The summed E-state index contributed by atoms with van der Waals surface area (Å²) in [6, 6.07) is 9.58. The molecule has 5 heteroatoms. The molecule has 0 aliphatic heterocycles. The molecular formula is C15H19N3O2. The van der Waals surface area contributed by atoms with E-state index in [-0.39, 0.29) is 12.1 Å². The van der Waals surface area contributed by atoms with Crippen LogP contribution in [0.2, 0.25) is 0 Å². The third-order valence-electron chi connectivity index (χ3n) is 2.53. The van der Waals surface area contributed by atoms with E-state index in [1.165, 1.54) is 0 Å². The molecule has 0 saturated heterocycles. The van der Waals surface area contributed by atoms with Gasteiger partial charge < -0.3 is 15.2 Å². The van der Waals surface area contributed by atoms with Gasteiger partial charge in [0, 0.05) is 18.3 Å². The molecule has 1 heterocycles. The summed E-state index contributed by atoms with van der Waals surface area (Å²) in [6.07, 6.45) is 0.0565. The Hall–Kier alpha value is -2.14. The van der Waals surface area contributed by atoms with Gasteiger partial charge >= 0.3 is 6.01 Å². The molecule has 2 rings (SSSR count). The number of aromatic nitrogens is 2. The monoisotopic (exact) mass is 273 g/mol. The number of nitrogens with zero attached hydrogens (tertiary/aromatic N) is 2. The molecule has 0 amide bonds. The minimum Gasteiger partial charge on any atom is -0.475 e. The summed E-state index contributed by atoms with van der Waals surface area (Å²) in [6.45, 7) is 6.28. The van der Waals surface area contributed by atoms with E-state index in [1.807, 2.05) is 45.0 Å². The van der Waals surface area contributed by atoms with Crippen molar-refractivity contribution in [2.45, 2.75) is 33.4 Å². The first-order valence-electron chi connectivity index (χ1n) is 6.56. The molecule has 0 aliphatic rings. The predicted octanol–water partition coefficient (Wildman–Crippen LogP) is 2.82. The average Bonchev–Trinajstić information content (AvgIpc) is 2.38. The molecule has 0 aliphatic carbocycles. The van der Waals surface area contributed by atoms with Gasteiger partial charge in [-0.05, 0) is 38.5 Å². The SMILES string of the molecule is Cc1cc(OC(C)C)nc(Oc2ccc(CN)cc2)n1. The van der Waals surface area contributed by atoms with Crippen molar-refractivity contribution in [1.29, 1.82) is 0 Å². The summed E-state index contributed by atoms with van der Waals surface area (Å²) in [4.78, 5) is 8.47. The van der Waals surface area contributed by atoms with Crippen LogP contribution in [-0.4, -0.2) is 16.1 Å². The van der Waals surface area contributed by atoms with E-state index in [0.29, 0.717) is 18.2 Å². The molecule has 2 N–H and O–H groups in total. The van der Waals surface area contributed by atoms with Crippen LogP contribution in [-0.2, 0) is 6.54 Å². The molecule has 0 bridgehead atoms. The van der Waals surface area contributed by atoms with Crippen molar-refractivity contribution in [3.05, 3.63) is 41.6 Å². The molecule has 0 unspecified atom stereocenters. The molecular weight excluding hydrogens is 254 g/mol. The summed E-state index contributed by atoms with van der Waals surface area (Å²) in [5.41, 5.74) is 7.40. The molecule has 5 nitrogen and oxygen atoms in total. The Labute approximate surface area is 118 Å². The number of hydrogen-bond donors (Lipinski definition) is 1. The van der Waals surface area contributed by atoms with E-state index in [2.05, 4.69) is 9.97 Å². The second-order valence-electron chi connectivity index (χ2n) is 4.75. The van der Waals surface area contributed by atoms with E-state index < -0.39 is 0 Å². The van der Waals surface area contributed by atoms with Crippen LogP contribution in [0.25, 0.3) is 0 Å². The lowest BCUT2D eigenvalue weighted by Gasteiger charge is -2.11. The highest BCUT2D eigenvalue weighted by Crippen LogP contribution is 2.21. The lowest BCUT2D eigenvalue weighted by molar-refractivity contribution is 0.229. The quantitative estimate of drug-likeness (QED) is 0.907. The number of aryl methyl sites for hydroxylation is 1. The Morgan fingerprint density at radius 2 is 1.85 bits per heavy atom. The minimum absolute atomic E-state index is 0.0565. The fraction of sp³-hybridized carbons (Fsp3) is 0.333. The summed E-state index contributed by atoms with van der Waals surface area (Å²) in [7, 11) is 0. The van der Waals surface area contributed by atoms with E-state index in [0.717, 1.165) is 11.3 Å². The maximum atomic E-state index is 5.64. The number of rotatable bonds is 5. The number of ether oxygens (including phenoxy) is 2. The van der Waals surface area contributed by atoms with Crippen LogP contribution in [0.1, 0.15) is 25.1 Å². The molecule has 20 heavy (non-hydrogen) atoms. The van der Waals surface area contributed by atoms with E-state index in [4.69, 9.17) is 15.2 Å². The number of hydrogen-bond acceptors (Lipinski definition) is 5. The fourth-order valence-corrected chi connectivity index (χ4v) is 1.66. The lowest BCUT2D eigenvalue weighted by atomic mass is 10.2. The second-order valence-corrected chi connectivity index (χ2v) is 4.75. The fourth-order valence-electron chi connectivity index (χ4n) is 1.66. The summed E-state index contributed by atoms with van der Waals surface area (Å²) in [5, 5.41) is 0. The molecule has 0 fully saturated rings. The van der Waals surface area contributed by atoms with Gasteiger partial charge in [-0.2, -0.15) is 9.97 Å². The Kier molecular flexibility index (Phi) is 4.53. The first-order chi connectivity index (χ1) is 9.56. The summed E-state index contributed by atoms with van der Waals surface area (Å²) >= 11 is 0. The Morgan fingerprint density at radius 1 is 1.15 bits per heavy atom. The zero-order valence-corrected chi connectivity index (χ0v) is 12.0. The molecule has 1 aromatic heterocycles. The first-order valence-corrected chi connectivity index (χ1v) is 6.56. The van der Waals surface area contributed by atoms with Gasteiger partial charge in [-0.25, -0.2) is 0 Å². The maximum Gasteiger partial charge on any atom is 0.325 e. The van der Waals surface area contributed by atoms with Crippen molar-refractivity contribution in [3.8, 4) is 17.6 Å². The van der Waals surface area contributed by atoms with Gasteiger partial charge in [0.1, 0.15) is 5.75 Å². The van der Waals surface area contributed by atoms with Gasteiger partial charge in [-0.1, -0.05) is 12.1 Å². The zero-order valence-electron chi connectivity index (χ0n) is 12.0. The molecule has 0 spiro atoms. The van der Waals surface area contributed by atoms with Crippen molar-refractivity contribution in [2.75, 3.05) is 0 Å². The van der Waals surface area contributed by atoms with Gasteiger partial charge in [-0.3, -0.25) is 0 Å². The molecule has 0 radical (unpaired) electrons. The second kappa shape index (κ2) is 6.34. The van der Waals surface area contributed by atoms with Crippen LogP contribution in [0, 0.1) is 6.92 Å². The Morgan fingerprint density at radius 3 is 2.45 bits per heavy atom. The highest BCUT2D eigenvalue weighted by Gasteiger charge is 2.07. The van der Waals surface area contributed by atoms with Gasteiger partial charge in [0.05, 0.1) is 6.10 Å². The van der Waals surface area contributed by atoms with Crippen molar-refractivity contribution in [2.24, 2.45) is 5.73 Å². The molecule has 2 aromatic rings. The van der Waals surface area contributed by atoms with Crippen LogP contribution >= 0.6 is 0 Å². The minimum atomic E-state index is 0.0565. The molecule has 1 aromatic carbocycles. The standard InChI is InChI=1S/C15H19N3O2/c1-10(2)19-14-8-11(3)17-15(18-14)20-13-6-4-12(9-16)5-7-13/h4-8,10H,9,16H2,1-3H3. The van der Waals surface area contributed by atoms with E-state index in [1.54, 1.807) is 6.07 Å². The van der Waals surface area contributed by atoms with Crippen molar-refractivity contribution in [1.82, 2.24) is 9.97 Å². The molecule has 0 atom stereocenters. The molecule has 106 valence electrons. The van der Waals surface area contributed by atoms with Gasteiger partial charge in [0.15, 0.2) is 0 Å². The van der Waals surface area contributed by atoms with Crippen molar-refractivity contribution in [3.63, 3.8) is 0 Å². The van der Waals surface area contributed by atoms with Crippen LogP contribution in [0.3, 0.4) is 0 Å². The highest BCUT2D eigenvalue weighted by atomic mass is 16.5. The topological polar surface area (TPSA) is 70.3 Å². The van der Waals surface area contributed by atoms with Gasteiger partial charge in [0.2, 0.25) is 5.88 Å². The van der Waals surface area contributed by atoms with E-state index in [9.17, 15) is 0 Å².